The number of thiazole rings is 1. The van der Waals surface area contributed by atoms with Gasteiger partial charge in [0.1, 0.15) is 0 Å². The highest BCUT2D eigenvalue weighted by molar-refractivity contribution is 7.11. The van der Waals surface area contributed by atoms with Crippen LogP contribution in [0.15, 0.2) is 18.3 Å². The zero-order chi connectivity index (χ0) is 17.2. The number of anilines is 1. The second-order valence-corrected chi connectivity index (χ2v) is 8.70. The number of nitrogens with one attached hydrogen (secondary N) is 1. The van der Waals surface area contributed by atoms with Gasteiger partial charge < -0.3 is 10.2 Å². The van der Waals surface area contributed by atoms with E-state index in [4.69, 9.17) is 0 Å². The fourth-order valence-electron chi connectivity index (χ4n) is 2.89. The largest absolute Gasteiger partial charge is 0.354 e. The van der Waals surface area contributed by atoms with Crippen LogP contribution in [0.1, 0.15) is 49.2 Å². The zero-order valence-corrected chi connectivity index (χ0v) is 15.9. The van der Waals surface area contributed by atoms with Gasteiger partial charge in [-0.1, -0.05) is 20.8 Å². The van der Waals surface area contributed by atoms with Gasteiger partial charge in [-0.3, -0.25) is 0 Å². The normalized spacial score (nSPS) is 18.8. The third-order valence-corrected chi connectivity index (χ3v) is 5.71. The SMILES string of the molecule is Cc1ccc(N2CCC[C@H](NCc3cnc(C(C)(C)C)s3)C2)nn1. The molecule has 6 heteroatoms. The standard InChI is InChI=1S/C18H27N5S/c1-13-7-8-16(22-21-13)23-9-5-6-14(12-23)19-10-15-11-20-17(24-15)18(2,3)4/h7-8,11,14,19H,5-6,9-10,12H2,1-4H3/t14-/m0/s1. The third kappa shape index (κ3) is 4.30. The average Bonchev–Trinajstić information content (AvgIpc) is 3.03. The number of rotatable bonds is 4. The Hall–Kier alpha value is -1.53. The average molecular weight is 346 g/mol. The molecular weight excluding hydrogens is 318 g/mol. The van der Waals surface area contributed by atoms with Crippen molar-refractivity contribution < 1.29 is 0 Å². The van der Waals surface area contributed by atoms with E-state index in [2.05, 4.69) is 52.2 Å². The van der Waals surface area contributed by atoms with Crippen LogP contribution in [-0.4, -0.2) is 34.3 Å². The van der Waals surface area contributed by atoms with Gasteiger partial charge >= 0.3 is 0 Å². The molecule has 2 aromatic rings. The summed E-state index contributed by atoms with van der Waals surface area (Å²) < 4.78 is 0. The fraction of sp³-hybridized carbons (Fsp3) is 0.611. The van der Waals surface area contributed by atoms with Crippen molar-refractivity contribution in [2.45, 2.75) is 58.5 Å². The van der Waals surface area contributed by atoms with E-state index in [0.29, 0.717) is 6.04 Å². The summed E-state index contributed by atoms with van der Waals surface area (Å²) in [5, 5.41) is 13.4. The molecule has 0 aromatic carbocycles. The molecule has 1 N–H and O–H groups in total. The van der Waals surface area contributed by atoms with E-state index < -0.39 is 0 Å². The van der Waals surface area contributed by atoms with Crippen molar-refractivity contribution in [2.75, 3.05) is 18.0 Å². The van der Waals surface area contributed by atoms with Crippen molar-refractivity contribution in [1.29, 1.82) is 0 Å². The second kappa shape index (κ2) is 7.15. The maximum absolute atomic E-state index is 4.57. The lowest BCUT2D eigenvalue weighted by atomic mass is 9.98. The quantitative estimate of drug-likeness (QED) is 0.921. The molecule has 3 rings (SSSR count). The summed E-state index contributed by atoms with van der Waals surface area (Å²) in [6, 6.07) is 4.59. The molecule has 2 aromatic heterocycles. The Morgan fingerprint density at radius 1 is 1.29 bits per heavy atom. The van der Waals surface area contributed by atoms with Crippen LogP contribution in [-0.2, 0) is 12.0 Å². The topological polar surface area (TPSA) is 53.9 Å². The monoisotopic (exact) mass is 345 g/mol. The van der Waals surface area contributed by atoms with Crippen LogP contribution in [0, 0.1) is 6.92 Å². The molecule has 1 aliphatic rings. The predicted molar refractivity (Wildman–Crippen MR) is 99.7 cm³/mol. The first-order valence-electron chi connectivity index (χ1n) is 8.65. The lowest BCUT2D eigenvalue weighted by molar-refractivity contribution is 0.420. The molecule has 3 heterocycles. The molecule has 1 saturated heterocycles. The maximum atomic E-state index is 4.57. The number of aromatic nitrogens is 3. The molecule has 0 aliphatic carbocycles. The lowest BCUT2D eigenvalue weighted by Gasteiger charge is -2.33. The molecule has 0 bridgehead atoms. The van der Waals surface area contributed by atoms with Crippen LogP contribution in [0.3, 0.4) is 0 Å². The van der Waals surface area contributed by atoms with Gasteiger partial charge in [0, 0.05) is 42.2 Å². The minimum Gasteiger partial charge on any atom is -0.354 e. The van der Waals surface area contributed by atoms with Crippen LogP contribution in [0.4, 0.5) is 5.82 Å². The molecule has 1 aliphatic heterocycles. The third-order valence-electron chi connectivity index (χ3n) is 4.29. The highest BCUT2D eigenvalue weighted by Crippen LogP contribution is 2.27. The Morgan fingerprint density at radius 3 is 2.79 bits per heavy atom. The van der Waals surface area contributed by atoms with Gasteiger partial charge in [-0.2, -0.15) is 5.10 Å². The second-order valence-electron chi connectivity index (χ2n) is 7.58. The Morgan fingerprint density at radius 2 is 2.12 bits per heavy atom. The Bertz CT molecular complexity index is 659. The van der Waals surface area contributed by atoms with E-state index in [9.17, 15) is 0 Å². The molecular formula is C18H27N5S. The molecule has 0 unspecified atom stereocenters. The molecule has 24 heavy (non-hydrogen) atoms. The number of aryl methyl sites for hydroxylation is 1. The number of hydrogen-bond donors (Lipinski definition) is 1. The predicted octanol–water partition coefficient (Wildman–Crippen LogP) is 3.30. The molecule has 1 atom stereocenters. The number of nitrogens with zero attached hydrogens (tertiary/aromatic N) is 4. The first-order chi connectivity index (χ1) is 11.4. The van der Waals surface area contributed by atoms with Gasteiger partial charge in [0.25, 0.3) is 0 Å². The van der Waals surface area contributed by atoms with Crippen molar-refractivity contribution >= 4 is 17.2 Å². The van der Waals surface area contributed by atoms with Crippen LogP contribution in [0.5, 0.6) is 0 Å². The van der Waals surface area contributed by atoms with Gasteiger partial charge in [-0.05, 0) is 31.9 Å². The van der Waals surface area contributed by atoms with Crippen LogP contribution >= 0.6 is 11.3 Å². The summed E-state index contributed by atoms with van der Waals surface area (Å²) in [5.41, 5.74) is 1.10. The van der Waals surface area contributed by atoms with Crippen LogP contribution in [0.25, 0.3) is 0 Å². The summed E-state index contributed by atoms with van der Waals surface area (Å²) in [6.45, 7) is 11.6. The maximum Gasteiger partial charge on any atom is 0.151 e. The van der Waals surface area contributed by atoms with Gasteiger partial charge in [-0.25, -0.2) is 4.98 Å². The molecule has 0 amide bonds. The summed E-state index contributed by atoms with van der Waals surface area (Å²) in [4.78, 5) is 8.22. The first kappa shape index (κ1) is 17.3. The van der Waals surface area contributed by atoms with E-state index in [0.717, 1.165) is 31.1 Å². The highest BCUT2D eigenvalue weighted by Gasteiger charge is 2.22. The van der Waals surface area contributed by atoms with Crippen molar-refractivity contribution in [3.8, 4) is 0 Å². The minimum atomic E-state index is 0.134. The van der Waals surface area contributed by atoms with Gasteiger partial charge in [0.2, 0.25) is 0 Å². The van der Waals surface area contributed by atoms with Gasteiger partial charge in [0.15, 0.2) is 5.82 Å². The van der Waals surface area contributed by atoms with Crippen molar-refractivity contribution in [2.24, 2.45) is 0 Å². The van der Waals surface area contributed by atoms with E-state index in [1.807, 2.05) is 30.5 Å². The summed E-state index contributed by atoms with van der Waals surface area (Å²) in [6.07, 6.45) is 4.41. The van der Waals surface area contributed by atoms with Crippen molar-refractivity contribution in [3.63, 3.8) is 0 Å². The molecule has 130 valence electrons. The summed E-state index contributed by atoms with van der Waals surface area (Å²) >= 11 is 1.82. The number of piperidine rings is 1. The van der Waals surface area contributed by atoms with E-state index in [1.54, 1.807) is 0 Å². The summed E-state index contributed by atoms with van der Waals surface area (Å²) in [5.74, 6) is 0.986. The Labute approximate surface area is 148 Å². The van der Waals surface area contributed by atoms with Crippen LogP contribution in [0.2, 0.25) is 0 Å². The zero-order valence-electron chi connectivity index (χ0n) is 15.0. The number of hydrogen-bond acceptors (Lipinski definition) is 6. The molecule has 5 nitrogen and oxygen atoms in total. The molecule has 0 radical (unpaired) electrons. The highest BCUT2D eigenvalue weighted by atomic mass is 32.1. The van der Waals surface area contributed by atoms with E-state index in [1.165, 1.54) is 22.7 Å². The van der Waals surface area contributed by atoms with Gasteiger partial charge in [0.05, 0.1) is 10.7 Å². The van der Waals surface area contributed by atoms with Crippen molar-refractivity contribution in [3.05, 3.63) is 33.9 Å². The fourth-order valence-corrected chi connectivity index (χ4v) is 3.81. The first-order valence-corrected chi connectivity index (χ1v) is 9.47. The Kier molecular flexibility index (Phi) is 5.15. The smallest absolute Gasteiger partial charge is 0.151 e. The Balaban J connectivity index is 1.56. The molecule has 0 saturated carbocycles. The van der Waals surface area contributed by atoms with Crippen molar-refractivity contribution in [1.82, 2.24) is 20.5 Å². The van der Waals surface area contributed by atoms with Crippen LogP contribution < -0.4 is 10.2 Å². The van der Waals surface area contributed by atoms with Gasteiger partial charge in [-0.15, -0.1) is 16.4 Å². The minimum absolute atomic E-state index is 0.134. The molecule has 0 spiro atoms. The molecule has 1 fully saturated rings. The lowest BCUT2D eigenvalue weighted by Crippen LogP contribution is -2.45. The van der Waals surface area contributed by atoms with E-state index in [-0.39, 0.29) is 5.41 Å². The van der Waals surface area contributed by atoms with E-state index >= 15 is 0 Å². The summed E-state index contributed by atoms with van der Waals surface area (Å²) in [7, 11) is 0.